The van der Waals surface area contributed by atoms with E-state index in [0.29, 0.717) is 17.4 Å². The molecule has 3 heterocycles. The summed E-state index contributed by atoms with van der Waals surface area (Å²) in [6.45, 7) is 6.32. The highest BCUT2D eigenvalue weighted by molar-refractivity contribution is 7.80. The predicted molar refractivity (Wildman–Crippen MR) is 146 cm³/mol. The summed E-state index contributed by atoms with van der Waals surface area (Å²) < 4.78 is 47.9. The molecule has 1 aliphatic heterocycles. The third-order valence-electron chi connectivity index (χ3n) is 6.74. The summed E-state index contributed by atoms with van der Waals surface area (Å²) in [7, 11) is 0. The maximum absolute atomic E-state index is 13.5. The van der Waals surface area contributed by atoms with Crippen LogP contribution in [0.2, 0.25) is 0 Å². The molecule has 2 atom stereocenters. The van der Waals surface area contributed by atoms with E-state index in [0.717, 1.165) is 40.1 Å². The van der Waals surface area contributed by atoms with Crippen LogP contribution in [0.25, 0.3) is 5.69 Å². The summed E-state index contributed by atoms with van der Waals surface area (Å²) in [5.41, 5.74) is 4.05. The third kappa shape index (κ3) is 4.74. The highest BCUT2D eigenvalue weighted by Crippen LogP contribution is 2.44. The van der Waals surface area contributed by atoms with Crippen LogP contribution in [0.4, 0.5) is 18.9 Å². The number of halogens is 3. The lowest BCUT2D eigenvalue weighted by Gasteiger charge is -2.28. The van der Waals surface area contributed by atoms with E-state index in [1.807, 2.05) is 78.8 Å². The minimum Gasteiger partial charge on any atom is -0.494 e. The Hall–Kier alpha value is -3.85. The zero-order valence-corrected chi connectivity index (χ0v) is 22.0. The van der Waals surface area contributed by atoms with Gasteiger partial charge in [-0.2, -0.15) is 13.2 Å². The van der Waals surface area contributed by atoms with E-state index in [2.05, 4.69) is 10.3 Å². The fourth-order valence-corrected chi connectivity index (χ4v) is 5.47. The molecule has 5 nitrogen and oxygen atoms in total. The lowest BCUT2D eigenvalue weighted by molar-refractivity contribution is -0.137. The molecule has 5 rings (SSSR count). The first-order valence-electron chi connectivity index (χ1n) is 12.3. The van der Waals surface area contributed by atoms with Crippen molar-refractivity contribution in [3.05, 3.63) is 107 Å². The number of alkyl halides is 3. The summed E-state index contributed by atoms with van der Waals surface area (Å²) >= 11 is 5.82. The van der Waals surface area contributed by atoms with Gasteiger partial charge in [0.25, 0.3) is 0 Å². The number of rotatable bonds is 6. The average molecular weight is 537 g/mol. The molecular weight excluding hydrogens is 509 g/mol. The molecule has 0 bridgehead atoms. The zero-order valence-electron chi connectivity index (χ0n) is 21.2. The summed E-state index contributed by atoms with van der Waals surface area (Å²) in [4.78, 5) is 6.64. The monoisotopic (exact) mass is 536 g/mol. The van der Waals surface area contributed by atoms with Crippen LogP contribution < -0.4 is 15.0 Å². The van der Waals surface area contributed by atoms with Crippen molar-refractivity contribution < 1.29 is 17.9 Å². The van der Waals surface area contributed by atoms with Crippen LogP contribution in [-0.4, -0.2) is 21.3 Å². The van der Waals surface area contributed by atoms with E-state index in [1.165, 1.54) is 12.1 Å². The normalized spacial score (nSPS) is 17.5. The summed E-state index contributed by atoms with van der Waals surface area (Å²) in [5.74, 6) is 0.759. The third-order valence-corrected chi connectivity index (χ3v) is 7.06. The topological polar surface area (TPSA) is 42.3 Å². The van der Waals surface area contributed by atoms with Crippen LogP contribution in [0.1, 0.15) is 47.2 Å². The van der Waals surface area contributed by atoms with Crippen molar-refractivity contribution in [3.63, 3.8) is 0 Å². The summed E-state index contributed by atoms with van der Waals surface area (Å²) in [6, 6.07) is 20.3. The number of aromatic nitrogens is 2. The second kappa shape index (κ2) is 10.1. The van der Waals surface area contributed by atoms with E-state index in [9.17, 15) is 13.2 Å². The molecular formula is C29H27F3N4OS. The van der Waals surface area contributed by atoms with Crippen molar-refractivity contribution in [1.29, 1.82) is 0 Å². The molecule has 0 radical (unpaired) electrons. The Kier molecular flexibility index (Phi) is 6.88. The van der Waals surface area contributed by atoms with Gasteiger partial charge in [-0.1, -0.05) is 12.1 Å². The number of thiocarbonyl (C=S) groups is 1. The Labute approximate surface area is 224 Å². The fraction of sp³-hybridized carbons (Fsp3) is 0.241. The van der Waals surface area contributed by atoms with Gasteiger partial charge in [0.05, 0.1) is 29.9 Å². The van der Waals surface area contributed by atoms with Gasteiger partial charge in [-0.25, -0.2) is 0 Å². The van der Waals surface area contributed by atoms with Gasteiger partial charge >= 0.3 is 6.18 Å². The smallest absolute Gasteiger partial charge is 0.416 e. The summed E-state index contributed by atoms with van der Waals surface area (Å²) in [5, 5.41) is 3.98. The van der Waals surface area contributed by atoms with Crippen molar-refractivity contribution in [1.82, 2.24) is 14.9 Å². The number of anilines is 1. The molecule has 4 aromatic rings. The Morgan fingerprint density at radius 3 is 2.39 bits per heavy atom. The van der Waals surface area contributed by atoms with Gasteiger partial charge in [0.15, 0.2) is 5.11 Å². The van der Waals surface area contributed by atoms with Gasteiger partial charge in [-0.15, -0.1) is 0 Å². The minimum atomic E-state index is -4.43. The lowest BCUT2D eigenvalue weighted by atomic mass is 9.96. The minimum absolute atomic E-state index is 0.272. The van der Waals surface area contributed by atoms with Crippen LogP contribution >= 0.6 is 12.2 Å². The highest BCUT2D eigenvalue weighted by Gasteiger charge is 2.42. The van der Waals surface area contributed by atoms with E-state index in [1.54, 1.807) is 12.3 Å². The molecule has 196 valence electrons. The quantitative estimate of drug-likeness (QED) is 0.267. The Morgan fingerprint density at radius 1 is 0.974 bits per heavy atom. The molecule has 0 spiro atoms. The van der Waals surface area contributed by atoms with Gasteiger partial charge in [0.2, 0.25) is 0 Å². The number of benzene rings is 2. The number of aryl methyl sites for hydroxylation is 1. The van der Waals surface area contributed by atoms with Crippen LogP contribution in [0.3, 0.4) is 0 Å². The van der Waals surface area contributed by atoms with Crippen molar-refractivity contribution in [2.45, 2.75) is 39.0 Å². The molecule has 38 heavy (non-hydrogen) atoms. The largest absolute Gasteiger partial charge is 0.494 e. The Balaban J connectivity index is 1.64. The maximum Gasteiger partial charge on any atom is 0.416 e. The highest BCUT2D eigenvalue weighted by atomic mass is 32.1. The summed E-state index contributed by atoms with van der Waals surface area (Å²) in [6.07, 6.45) is -2.69. The van der Waals surface area contributed by atoms with Gasteiger partial charge in [0.1, 0.15) is 5.75 Å². The second-order valence-electron chi connectivity index (χ2n) is 9.13. The second-order valence-corrected chi connectivity index (χ2v) is 9.52. The number of hydrogen-bond acceptors (Lipinski definition) is 3. The predicted octanol–water partition coefficient (Wildman–Crippen LogP) is 7.08. The Morgan fingerprint density at radius 2 is 1.74 bits per heavy atom. The van der Waals surface area contributed by atoms with E-state index in [-0.39, 0.29) is 12.1 Å². The average Bonchev–Trinajstić information content (AvgIpc) is 3.39. The molecule has 1 fully saturated rings. The first-order valence-corrected chi connectivity index (χ1v) is 12.7. The van der Waals surface area contributed by atoms with Crippen molar-refractivity contribution >= 4 is 23.0 Å². The molecule has 1 saturated heterocycles. The van der Waals surface area contributed by atoms with Crippen LogP contribution in [-0.2, 0) is 6.18 Å². The number of nitrogens with one attached hydrogen (secondary N) is 1. The molecule has 0 saturated carbocycles. The lowest BCUT2D eigenvalue weighted by Crippen LogP contribution is -2.29. The van der Waals surface area contributed by atoms with Crippen LogP contribution in [0.15, 0.2) is 79.0 Å². The number of hydrogen-bond donors (Lipinski definition) is 1. The van der Waals surface area contributed by atoms with Gasteiger partial charge in [-0.3, -0.25) is 4.98 Å². The van der Waals surface area contributed by atoms with Gasteiger partial charge in [0, 0.05) is 29.0 Å². The van der Waals surface area contributed by atoms with Crippen molar-refractivity contribution in [2.75, 3.05) is 11.5 Å². The van der Waals surface area contributed by atoms with Crippen LogP contribution in [0.5, 0.6) is 5.75 Å². The zero-order chi connectivity index (χ0) is 27.0. The van der Waals surface area contributed by atoms with Crippen molar-refractivity contribution in [2.24, 2.45) is 0 Å². The molecule has 0 unspecified atom stereocenters. The molecule has 2 aromatic heterocycles. The molecule has 0 aliphatic carbocycles. The molecule has 2 aromatic carbocycles. The molecule has 1 N–H and O–H groups in total. The van der Waals surface area contributed by atoms with Gasteiger partial charge < -0.3 is 19.5 Å². The van der Waals surface area contributed by atoms with E-state index in [4.69, 9.17) is 17.0 Å². The first-order chi connectivity index (χ1) is 18.2. The Bertz CT molecular complexity index is 1450. The molecule has 9 heteroatoms. The number of ether oxygens (including phenoxy) is 1. The fourth-order valence-electron chi connectivity index (χ4n) is 5.12. The molecule has 1 aliphatic rings. The number of nitrogens with zero attached hydrogens (tertiary/aromatic N) is 3. The maximum atomic E-state index is 13.5. The van der Waals surface area contributed by atoms with Crippen molar-refractivity contribution in [3.8, 4) is 11.4 Å². The van der Waals surface area contributed by atoms with E-state index < -0.39 is 11.7 Å². The first kappa shape index (κ1) is 25.8. The van der Waals surface area contributed by atoms with E-state index >= 15 is 0 Å². The number of pyridine rings is 1. The molecule has 0 amide bonds. The van der Waals surface area contributed by atoms with Gasteiger partial charge in [-0.05, 0) is 99.2 Å². The standard InChI is InChI=1S/C29H27F3N4OS/c1-4-37-23-13-11-21(12-14-23)36-27(26(34-28(36)38)25-10-5-6-15-33-25)24-16-18(2)35(19(24)3)22-9-7-8-20(17-22)29(30,31)32/h5-17,26-27H,4H2,1-3H3,(H,34,38)/t26-,27-/m1/s1. The van der Waals surface area contributed by atoms with Crippen LogP contribution in [0, 0.1) is 13.8 Å². The SMILES string of the molecule is CCOc1ccc(N2C(=S)N[C@H](c3ccccn3)[C@H]2c2cc(C)n(-c3cccc(C(F)(F)F)c3)c2C)cc1.